The maximum absolute atomic E-state index is 15.4. The van der Waals surface area contributed by atoms with Gasteiger partial charge in [0.1, 0.15) is 73.1 Å². The van der Waals surface area contributed by atoms with Gasteiger partial charge in [0, 0.05) is 107 Å². The largest absolute Gasteiger partial charge is 0.481 e. The van der Waals surface area contributed by atoms with E-state index in [9.17, 15) is 92.0 Å². The topological polar surface area (TPSA) is 754 Å². The smallest absolute Gasteiger partial charge is 0.326 e. The number of hydrogen-bond donors (Lipinski definition) is 25. The second kappa shape index (κ2) is 66.3. The molecule has 2 aliphatic heterocycles. The summed E-state index contributed by atoms with van der Waals surface area (Å²) in [5.41, 5.74) is 19.3. The fourth-order valence-electron chi connectivity index (χ4n) is 16.2. The van der Waals surface area contributed by atoms with E-state index in [4.69, 9.17) is 37.2 Å². The van der Waals surface area contributed by atoms with E-state index in [1.54, 1.807) is 49.5 Å². The average molecular weight is 2020 g/mol. The van der Waals surface area contributed by atoms with Crippen molar-refractivity contribution < 1.29 is 121 Å². The Bertz CT molecular complexity index is 4830. The number of carbonyl (C=O) groups is 19. The van der Waals surface area contributed by atoms with E-state index in [0.29, 0.717) is 24.0 Å². The number of nitrogens with one attached hydrogen (secondary N) is 18. The predicted molar refractivity (Wildman–Crippen MR) is 523 cm³/mol. The number of nitrogens with zero attached hydrogens (tertiary/aromatic N) is 2. The molecule has 796 valence electrons. The van der Waals surface area contributed by atoms with Crippen LogP contribution >= 0.6 is 0 Å². The number of ketones is 1. The number of guanidine groups is 1. The first-order valence-corrected chi connectivity index (χ1v) is 49.5. The van der Waals surface area contributed by atoms with E-state index in [-0.39, 0.29) is 122 Å². The van der Waals surface area contributed by atoms with Gasteiger partial charge in [-0.2, -0.15) is 0 Å². The number of Topliss-reactive ketones (excluding diaryl/α,β-unsaturated/α-hetero) is 1. The highest BCUT2D eigenvalue weighted by molar-refractivity contribution is 6.01. The van der Waals surface area contributed by atoms with E-state index in [1.165, 1.54) is 25.9 Å². The molecule has 144 heavy (non-hydrogen) atoms. The van der Waals surface area contributed by atoms with Crippen LogP contribution in [0.4, 0.5) is 0 Å². The number of para-hydroxylation sites is 1. The highest BCUT2D eigenvalue weighted by atomic mass is 16.5. The Morgan fingerprint density at radius 1 is 0.569 bits per heavy atom. The van der Waals surface area contributed by atoms with Crippen LogP contribution < -0.4 is 97.0 Å². The van der Waals surface area contributed by atoms with Gasteiger partial charge in [-0.05, 0) is 88.3 Å². The van der Waals surface area contributed by atoms with Gasteiger partial charge in [-0.25, -0.2) is 9.78 Å². The number of hydrogen-bond acceptors (Lipinski definition) is 26. The maximum Gasteiger partial charge on any atom is 0.326 e. The number of unbranched alkanes of at least 4 members (excludes halogenated alkanes) is 14. The number of carboxylic acid groups (broad SMARTS) is 2. The quantitative estimate of drug-likeness (QED) is 0.0125. The Hall–Kier alpha value is -13.6. The van der Waals surface area contributed by atoms with Gasteiger partial charge in [0.15, 0.2) is 11.7 Å². The first-order chi connectivity index (χ1) is 69.1. The number of aliphatic carboxylic acids is 2. The van der Waals surface area contributed by atoms with Crippen LogP contribution in [0, 0.1) is 5.41 Å². The predicted octanol–water partition coefficient (Wildman–Crippen LogP) is -2.38. The molecule has 4 heterocycles. The van der Waals surface area contributed by atoms with Crippen LogP contribution in [0.3, 0.4) is 0 Å². The molecule has 0 unspecified atom stereocenters. The molecule has 28 N–H and O–H groups in total. The van der Waals surface area contributed by atoms with Crippen LogP contribution in [-0.2, 0) is 120 Å². The molecule has 0 spiro atoms. The molecule has 0 radical (unpaired) electrons. The zero-order chi connectivity index (χ0) is 105. The number of primary amides is 1. The minimum atomic E-state index is -1.81. The molecule has 2 fully saturated rings. The first-order valence-electron chi connectivity index (χ1n) is 49.5. The van der Waals surface area contributed by atoms with Gasteiger partial charge in [0.2, 0.25) is 94.5 Å². The zero-order valence-electron chi connectivity index (χ0n) is 82.0. The lowest BCUT2D eigenvalue weighted by atomic mass is 10.0. The normalized spacial score (nSPS) is 18.5. The number of benzene rings is 2. The van der Waals surface area contributed by atoms with Crippen LogP contribution in [0.2, 0.25) is 0 Å². The highest BCUT2D eigenvalue weighted by Crippen LogP contribution is 2.25. The molecule has 48 nitrogen and oxygen atoms in total. The van der Waals surface area contributed by atoms with Crippen LogP contribution in [0.5, 0.6) is 0 Å². The van der Waals surface area contributed by atoms with Gasteiger partial charge in [-0.3, -0.25) is 91.7 Å². The summed E-state index contributed by atoms with van der Waals surface area (Å²) in [6, 6.07) is -3.04. The molecular formula is C96H147N23O25. The van der Waals surface area contributed by atoms with Crippen molar-refractivity contribution in [1.29, 1.82) is 5.41 Å². The van der Waals surface area contributed by atoms with E-state index in [0.717, 1.165) is 92.9 Å². The van der Waals surface area contributed by atoms with Crippen molar-refractivity contribution in [1.82, 2.24) is 99.6 Å². The number of fused-ring (bicyclic) bond motifs is 2. The summed E-state index contributed by atoms with van der Waals surface area (Å²) in [7, 11) is 0. The van der Waals surface area contributed by atoms with Crippen LogP contribution in [0.1, 0.15) is 223 Å². The Kier molecular flexibility index (Phi) is 54.8. The number of imidazole rings is 1. The SMILES string of the molecule is CCCC[C@H](NC(=O)[C@H](CN)NC(=O)[C@H](Cc1c[nH]cn1)NC(=O)[C@H](CCC(N)=O)NC(=O)[C@H](CO)NC(=O)CNC(=O)COCCOCCNC(=O)C[C@H](NC(=O)CCCCCCCCCCCCCCCCC(=O)O)C(=O)O)C(=O)N[C@H]1CCC(=O)NCCCC[C@@H](C(C)=O)NC(=O)[C@H](Cc2c[nH]c3ccccc23)NC(=O)[C@H](CCCNC(=N)N)NC(=O)[C@@H](Cc2ccccc2)NC(=O)[C@@H]2C[C@@H](O)CN2C1=O. The second-order valence-corrected chi connectivity index (χ2v) is 35.9. The highest BCUT2D eigenvalue weighted by Gasteiger charge is 2.45. The summed E-state index contributed by atoms with van der Waals surface area (Å²) in [5.74, 6) is -17.5. The summed E-state index contributed by atoms with van der Waals surface area (Å²) >= 11 is 0. The molecule has 2 aromatic heterocycles. The Labute approximate surface area is 835 Å². The Morgan fingerprint density at radius 2 is 1.16 bits per heavy atom. The van der Waals surface area contributed by atoms with Crippen LogP contribution in [0.15, 0.2) is 73.3 Å². The second-order valence-electron chi connectivity index (χ2n) is 35.9. The number of aromatic amines is 2. The van der Waals surface area contributed by atoms with Gasteiger partial charge >= 0.3 is 11.9 Å². The summed E-state index contributed by atoms with van der Waals surface area (Å²) in [6.07, 6.45) is 14.7. The fraction of sp³-hybridized carbons (Fsp3) is 0.615. The molecular weight excluding hydrogens is 1880 g/mol. The van der Waals surface area contributed by atoms with Gasteiger partial charge < -0.3 is 142 Å². The van der Waals surface area contributed by atoms with Gasteiger partial charge in [-0.1, -0.05) is 145 Å². The molecule has 48 heteroatoms. The van der Waals surface area contributed by atoms with Crippen molar-refractivity contribution in [3.8, 4) is 0 Å². The van der Waals surface area contributed by atoms with Crippen molar-refractivity contribution in [2.45, 2.75) is 304 Å². The molecule has 13 atom stereocenters. The zero-order valence-corrected chi connectivity index (χ0v) is 82.0. The number of aliphatic hydroxyl groups is 2. The Balaban J connectivity index is 1.05. The molecule has 0 saturated carbocycles. The van der Waals surface area contributed by atoms with Gasteiger partial charge in [-0.15, -0.1) is 0 Å². The van der Waals surface area contributed by atoms with Crippen LogP contribution in [-0.4, -0.2) is 309 Å². The monoisotopic (exact) mass is 2020 g/mol. The number of rotatable bonds is 61. The fourth-order valence-corrected chi connectivity index (χ4v) is 16.2. The lowest BCUT2D eigenvalue weighted by Gasteiger charge is -2.31. The number of carbonyl (C=O) groups excluding carboxylic acids is 17. The molecule has 0 bridgehead atoms. The number of amides is 16. The maximum atomic E-state index is 15.4. The number of aliphatic hydroxyl groups excluding tert-OH is 2. The van der Waals surface area contributed by atoms with Crippen LogP contribution in [0.25, 0.3) is 10.9 Å². The molecule has 0 aliphatic carbocycles. The molecule has 2 aliphatic rings. The summed E-state index contributed by atoms with van der Waals surface area (Å²) in [5, 5.41) is 87.0. The minimum absolute atomic E-state index is 0.0134. The number of carboxylic acids is 2. The third-order valence-electron chi connectivity index (χ3n) is 24.2. The lowest BCUT2D eigenvalue weighted by molar-refractivity contribution is -0.143. The van der Waals surface area contributed by atoms with E-state index in [1.807, 2.05) is 18.2 Å². The van der Waals surface area contributed by atoms with E-state index in [2.05, 4.69) is 94.7 Å². The Morgan fingerprint density at radius 3 is 1.80 bits per heavy atom. The van der Waals surface area contributed by atoms with Crippen molar-refractivity contribution in [3.05, 3.63) is 90.1 Å². The van der Waals surface area contributed by atoms with Crippen molar-refractivity contribution in [2.75, 3.05) is 72.3 Å². The number of ether oxygens (including phenoxy) is 2. The third-order valence-corrected chi connectivity index (χ3v) is 24.2. The summed E-state index contributed by atoms with van der Waals surface area (Å²) in [4.78, 5) is 271. The van der Waals surface area contributed by atoms with Crippen molar-refractivity contribution >= 4 is 129 Å². The van der Waals surface area contributed by atoms with Crippen molar-refractivity contribution in [2.24, 2.45) is 17.2 Å². The number of H-pyrrole nitrogens is 2. The van der Waals surface area contributed by atoms with Crippen molar-refractivity contribution in [3.63, 3.8) is 0 Å². The number of nitrogens with two attached hydrogens (primary N) is 3. The summed E-state index contributed by atoms with van der Waals surface area (Å²) < 4.78 is 10.7. The number of aromatic nitrogens is 3. The standard InChI is InChI=1S/C96H147N23O25/c1-3-4-30-67(85(131)114-70-37-39-79(124)102-40-25-24-31-65(59(2)121)110-89(135)72(47-61-52-105-66-32-23-22-29-64(61)66)115-86(132)68(33-26-41-104-96(99)100)111-88(134)71(46-60-27-18-17-19-28-60)117-93(139)77-49-63(122)55-119(77)94(70)140)112-91(137)75(51-97)118-90(136)73(48-62-53-101-58-107-62)116-87(133)69(36-38-78(98)123)113-92(138)76(56-120)109-82(127)54-106-83(128)57-144-45-44-143-43-42-103-81(126)50-74(95(141)142)108-80(125)34-20-15-13-11-9-7-5-6-8-10-12-14-16-21-35-84(129)130/h17-19,22-23,27-29,32,52-53,58,63,65,67-77,105,120,122H,3-16,20-21,24-26,30-31,33-51,54-57,97H2,1-2H3,(H2,98,123)(H,101,107)(H,102,124)(H,103,126)(H,106,128)(H,108,125)(H,109,127)(H,110,135)(H,111,134)(H,112,137)(H,113,138)(H,114,131)(H,115,132)(H,116,133)(H,117,139)(H,118,136)(H,129,130)(H,141,142)(H4,99,100,104)/t63-,65+,67+,68+,69+,70+,71-,72+,73+,74+,75+,76+,77+/m1/s1. The minimum Gasteiger partial charge on any atom is -0.481 e. The molecule has 4 aromatic rings. The van der Waals surface area contributed by atoms with Gasteiger partial charge in [0.05, 0.1) is 63.6 Å². The molecule has 16 amide bonds. The van der Waals surface area contributed by atoms with E-state index >= 15 is 14.4 Å². The third kappa shape index (κ3) is 45.8. The summed E-state index contributed by atoms with van der Waals surface area (Å²) in [6.45, 7) is -0.805. The molecule has 2 saturated heterocycles. The average Bonchev–Trinajstić information content (AvgIpc) is 1.65. The van der Waals surface area contributed by atoms with Gasteiger partial charge in [0.25, 0.3) is 0 Å². The molecule has 2 aromatic carbocycles. The molecule has 6 rings (SSSR count). The van der Waals surface area contributed by atoms with E-state index < -0.39 is 269 Å². The first kappa shape index (κ1) is 119. The lowest BCUT2D eigenvalue weighted by Crippen LogP contribution is -2.62.